The first kappa shape index (κ1) is 15.8. The molecule has 1 aromatic rings. The number of aromatic nitrogens is 1. The Morgan fingerprint density at radius 1 is 1.38 bits per heavy atom. The van der Waals surface area contributed by atoms with Crippen molar-refractivity contribution in [3.05, 3.63) is 23.4 Å². The molecule has 1 aliphatic carbocycles. The second-order valence-electron chi connectivity index (χ2n) is 6.19. The fraction of sp³-hybridized carbons (Fsp3) is 0.647. The van der Waals surface area contributed by atoms with Crippen LogP contribution >= 0.6 is 0 Å². The largest absolute Gasteiger partial charge is 0.370 e. The average molecular weight is 289 g/mol. The molecule has 2 atom stereocenters. The Morgan fingerprint density at radius 2 is 2.19 bits per heavy atom. The first-order valence-corrected chi connectivity index (χ1v) is 8.11. The van der Waals surface area contributed by atoms with E-state index in [1.165, 1.54) is 19.3 Å². The standard InChI is InChI=1S/C17H27N3O/c1-4-8-18-16-10-15(9-13(3)20-16)17(21)19-11-14-7-5-6-12(14)2/h9-10,12,14H,4-8,11H2,1-3H3,(H,18,20)(H,19,21). The third kappa shape index (κ3) is 4.45. The van der Waals surface area contributed by atoms with Crippen LogP contribution in [0.5, 0.6) is 0 Å². The maximum absolute atomic E-state index is 12.3. The van der Waals surface area contributed by atoms with E-state index in [0.717, 1.165) is 36.9 Å². The average Bonchev–Trinajstić information content (AvgIpc) is 2.87. The highest BCUT2D eigenvalue weighted by molar-refractivity contribution is 5.95. The normalized spacial score (nSPS) is 21.3. The van der Waals surface area contributed by atoms with Crippen molar-refractivity contribution in [3.8, 4) is 0 Å². The molecule has 0 bridgehead atoms. The molecule has 0 spiro atoms. The monoisotopic (exact) mass is 289 g/mol. The molecule has 1 heterocycles. The molecular weight excluding hydrogens is 262 g/mol. The first-order chi connectivity index (χ1) is 10.1. The number of amides is 1. The van der Waals surface area contributed by atoms with Crippen molar-refractivity contribution in [3.63, 3.8) is 0 Å². The highest BCUT2D eigenvalue weighted by atomic mass is 16.1. The number of hydrogen-bond donors (Lipinski definition) is 2. The van der Waals surface area contributed by atoms with Crippen molar-refractivity contribution in [2.45, 2.75) is 46.5 Å². The van der Waals surface area contributed by atoms with Gasteiger partial charge in [0.25, 0.3) is 5.91 Å². The van der Waals surface area contributed by atoms with Gasteiger partial charge in [-0.15, -0.1) is 0 Å². The van der Waals surface area contributed by atoms with Gasteiger partial charge in [0.05, 0.1) is 0 Å². The lowest BCUT2D eigenvalue weighted by Crippen LogP contribution is -2.30. The Morgan fingerprint density at radius 3 is 2.86 bits per heavy atom. The first-order valence-electron chi connectivity index (χ1n) is 8.11. The van der Waals surface area contributed by atoms with Gasteiger partial charge in [-0.2, -0.15) is 0 Å². The topological polar surface area (TPSA) is 54.0 Å². The molecule has 0 aliphatic heterocycles. The van der Waals surface area contributed by atoms with Gasteiger partial charge >= 0.3 is 0 Å². The van der Waals surface area contributed by atoms with E-state index < -0.39 is 0 Å². The highest BCUT2D eigenvalue weighted by Crippen LogP contribution is 2.30. The number of nitrogens with one attached hydrogen (secondary N) is 2. The lowest BCUT2D eigenvalue weighted by Gasteiger charge is -2.16. The van der Waals surface area contributed by atoms with Crippen LogP contribution in [-0.4, -0.2) is 24.0 Å². The molecule has 0 radical (unpaired) electrons. The molecule has 1 fully saturated rings. The van der Waals surface area contributed by atoms with Gasteiger partial charge < -0.3 is 10.6 Å². The van der Waals surface area contributed by atoms with Crippen LogP contribution in [0, 0.1) is 18.8 Å². The summed E-state index contributed by atoms with van der Waals surface area (Å²) >= 11 is 0. The lowest BCUT2D eigenvalue weighted by molar-refractivity contribution is 0.0944. The number of pyridine rings is 1. The molecular formula is C17H27N3O. The summed E-state index contributed by atoms with van der Waals surface area (Å²) in [5.41, 5.74) is 1.57. The van der Waals surface area contributed by atoms with Crippen LogP contribution in [0.1, 0.15) is 55.6 Å². The van der Waals surface area contributed by atoms with E-state index in [0.29, 0.717) is 11.5 Å². The quantitative estimate of drug-likeness (QED) is 0.844. The molecule has 0 saturated heterocycles. The van der Waals surface area contributed by atoms with E-state index in [1.54, 1.807) is 0 Å². The van der Waals surface area contributed by atoms with Gasteiger partial charge in [-0.25, -0.2) is 4.98 Å². The molecule has 2 N–H and O–H groups in total. The third-order valence-electron chi connectivity index (χ3n) is 4.34. The van der Waals surface area contributed by atoms with Crippen molar-refractivity contribution in [1.82, 2.24) is 10.3 Å². The van der Waals surface area contributed by atoms with Crippen LogP contribution in [0.25, 0.3) is 0 Å². The summed E-state index contributed by atoms with van der Waals surface area (Å²) in [5.74, 6) is 2.16. The van der Waals surface area contributed by atoms with E-state index in [-0.39, 0.29) is 5.91 Å². The number of nitrogens with zero attached hydrogens (tertiary/aromatic N) is 1. The predicted octanol–water partition coefficient (Wildman–Crippen LogP) is 3.38. The molecule has 4 heteroatoms. The number of aryl methyl sites for hydroxylation is 1. The van der Waals surface area contributed by atoms with Crippen molar-refractivity contribution < 1.29 is 4.79 Å². The van der Waals surface area contributed by atoms with Gasteiger partial charge in [0.15, 0.2) is 0 Å². The number of hydrogen-bond acceptors (Lipinski definition) is 3. The second kappa shape index (κ2) is 7.43. The Kier molecular flexibility index (Phi) is 5.59. The van der Waals surface area contributed by atoms with E-state index >= 15 is 0 Å². The maximum atomic E-state index is 12.3. The summed E-state index contributed by atoms with van der Waals surface area (Å²) in [6.45, 7) is 7.98. The SMILES string of the molecule is CCCNc1cc(C(=O)NCC2CCCC2C)cc(C)n1. The summed E-state index contributed by atoms with van der Waals surface area (Å²) in [6, 6.07) is 3.70. The fourth-order valence-electron chi connectivity index (χ4n) is 2.99. The summed E-state index contributed by atoms with van der Waals surface area (Å²) in [4.78, 5) is 16.7. The van der Waals surface area contributed by atoms with E-state index in [2.05, 4.69) is 29.5 Å². The van der Waals surface area contributed by atoms with Crippen molar-refractivity contribution in [1.29, 1.82) is 0 Å². The minimum atomic E-state index is 0.0131. The van der Waals surface area contributed by atoms with Gasteiger partial charge in [0.1, 0.15) is 5.82 Å². The van der Waals surface area contributed by atoms with Gasteiger partial charge in [0.2, 0.25) is 0 Å². The van der Waals surface area contributed by atoms with Crippen LogP contribution in [0.4, 0.5) is 5.82 Å². The zero-order chi connectivity index (χ0) is 15.2. The summed E-state index contributed by atoms with van der Waals surface area (Å²) < 4.78 is 0. The Bertz CT molecular complexity index is 487. The van der Waals surface area contributed by atoms with Crippen molar-refractivity contribution in [2.24, 2.45) is 11.8 Å². The predicted molar refractivity (Wildman–Crippen MR) is 86.6 cm³/mol. The Hall–Kier alpha value is -1.58. The number of anilines is 1. The van der Waals surface area contributed by atoms with Crippen molar-refractivity contribution in [2.75, 3.05) is 18.4 Å². The maximum Gasteiger partial charge on any atom is 0.251 e. The van der Waals surface area contributed by atoms with E-state index in [1.807, 2.05) is 19.1 Å². The fourth-order valence-corrected chi connectivity index (χ4v) is 2.99. The second-order valence-corrected chi connectivity index (χ2v) is 6.19. The van der Waals surface area contributed by atoms with Gasteiger partial charge in [-0.05, 0) is 43.7 Å². The molecule has 2 unspecified atom stereocenters. The molecule has 2 rings (SSSR count). The minimum absolute atomic E-state index is 0.0131. The molecule has 1 aliphatic rings. The summed E-state index contributed by atoms with van der Waals surface area (Å²) in [5, 5.41) is 6.33. The summed E-state index contributed by atoms with van der Waals surface area (Å²) in [6.07, 6.45) is 4.86. The molecule has 1 aromatic heterocycles. The van der Waals surface area contributed by atoms with Crippen LogP contribution in [0.15, 0.2) is 12.1 Å². The van der Waals surface area contributed by atoms with E-state index in [4.69, 9.17) is 0 Å². The van der Waals surface area contributed by atoms with Gasteiger partial charge in [-0.3, -0.25) is 4.79 Å². The molecule has 0 aromatic carbocycles. The van der Waals surface area contributed by atoms with Crippen LogP contribution < -0.4 is 10.6 Å². The van der Waals surface area contributed by atoms with Crippen LogP contribution in [-0.2, 0) is 0 Å². The van der Waals surface area contributed by atoms with Crippen LogP contribution in [0.3, 0.4) is 0 Å². The number of carbonyl (C=O) groups excluding carboxylic acids is 1. The smallest absolute Gasteiger partial charge is 0.251 e. The number of rotatable bonds is 6. The van der Waals surface area contributed by atoms with Crippen LogP contribution in [0.2, 0.25) is 0 Å². The molecule has 1 amide bonds. The zero-order valence-electron chi connectivity index (χ0n) is 13.4. The minimum Gasteiger partial charge on any atom is -0.370 e. The molecule has 1 saturated carbocycles. The van der Waals surface area contributed by atoms with Gasteiger partial charge in [0, 0.05) is 24.3 Å². The zero-order valence-corrected chi connectivity index (χ0v) is 13.4. The molecule has 116 valence electrons. The molecule has 21 heavy (non-hydrogen) atoms. The summed E-state index contributed by atoms with van der Waals surface area (Å²) in [7, 11) is 0. The lowest BCUT2D eigenvalue weighted by atomic mass is 9.98. The van der Waals surface area contributed by atoms with Gasteiger partial charge in [-0.1, -0.05) is 26.7 Å². The third-order valence-corrected chi connectivity index (χ3v) is 4.34. The Balaban J connectivity index is 1.96. The van der Waals surface area contributed by atoms with E-state index in [9.17, 15) is 4.79 Å². The van der Waals surface area contributed by atoms with Crippen molar-refractivity contribution >= 4 is 11.7 Å². The number of carbonyl (C=O) groups is 1. The highest BCUT2D eigenvalue weighted by Gasteiger charge is 2.23. The Labute approximate surface area is 127 Å². The molecule has 4 nitrogen and oxygen atoms in total.